The number of carbonyl (C=O) groups is 1. The lowest BCUT2D eigenvalue weighted by Crippen LogP contribution is -2.67. The van der Waals surface area contributed by atoms with Gasteiger partial charge in [-0.05, 0) is 49.1 Å². The molecular formula is C25H34N6O. The third-order valence-corrected chi connectivity index (χ3v) is 7.74. The molecule has 2 amide bonds. The zero-order chi connectivity index (χ0) is 22.1. The van der Waals surface area contributed by atoms with Crippen molar-refractivity contribution in [3.05, 3.63) is 41.2 Å². The molecule has 7 heteroatoms. The monoisotopic (exact) mass is 434 g/mol. The van der Waals surface area contributed by atoms with E-state index in [9.17, 15) is 4.79 Å². The molecule has 0 unspecified atom stereocenters. The van der Waals surface area contributed by atoms with Gasteiger partial charge in [0.15, 0.2) is 0 Å². The van der Waals surface area contributed by atoms with Gasteiger partial charge in [0.25, 0.3) is 0 Å². The van der Waals surface area contributed by atoms with Crippen molar-refractivity contribution in [3.63, 3.8) is 0 Å². The summed E-state index contributed by atoms with van der Waals surface area (Å²) in [5.74, 6) is 3.69. The lowest BCUT2D eigenvalue weighted by Gasteiger charge is -2.59. The number of urea groups is 1. The number of H-pyrrole nitrogens is 1. The molecular weight excluding hydrogens is 400 g/mol. The van der Waals surface area contributed by atoms with E-state index >= 15 is 0 Å². The van der Waals surface area contributed by atoms with Crippen LogP contribution in [0, 0.1) is 10.8 Å². The highest BCUT2D eigenvalue weighted by Gasteiger charge is 2.56. The van der Waals surface area contributed by atoms with E-state index in [1.165, 1.54) is 18.4 Å². The Balaban J connectivity index is 0.957. The topological polar surface area (TPSA) is 78.0 Å². The van der Waals surface area contributed by atoms with Crippen molar-refractivity contribution in [3.8, 4) is 0 Å². The fourth-order valence-electron chi connectivity index (χ4n) is 5.72. The van der Waals surface area contributed by atoms with Crippen LogP contribution >= 0.6 is 0 Å². The molecule has 2 aromatic rings. The van der Waals surface area contributed by atoms with Crippen molar-refractivity contribution in [2.45, 2.75) is 70.6 Å². The van der Waals surface area contributed by atoms with Crippen LogP contribution in [0.5, 0.6) is 0 Å². The van der Waals surface area contributed by atoms with Gasteiger partial charge in [0.2, 0.25) is 0 Å². The van der Waals surface area contributed by atoms with E-state index in [0.29, 0.717) is 23.2 Å². The molecule has 7 nitrogen and oxygen atoms in total. The fraction of sp³-hybridized carbons (Fsp3) is 0.680. The van der Waals surface area contributed by atoms with Crippen LogP contribution < -0.4 is 0 Å². The van der Waals surface area contributed by atoms with Crippen LogP contribution in [0.2, 0.25) is 0 Å². The maximum atomic E-state index is 12.9. The van der Waals surface area contributed by atoms with Crippen LogP contribution in [0.25, 0.3) is 0 Å². The third-order valence-electron chi connectivity index (χ3n) is 7.74. The van der Waals surface area contributed by atoms with E-state index in [0.717, 1.165) is 62.8 Å². The average molecular weight is 435 g/mol. The molecule has 0 bridgehead atoms. The Morgan fingerprint density at radius 3 is 2.31 bits per heavy atom. The number of aromatic amines is 1. The average Bonchev–Trinajstić information content (AvgIpc) is 3.37. The lowest BCUT2D eigenvalue weighted by atomic mass is 9.57. The second kappa shape index (κ2) is 7.03. The molecule has 2 saturated heterocycles. The smallest absolute Gasteiger partial charge is 0.320 e. The molecule has 32 heavy (non-hydrogen) atoms. The molecule has 6 rings (SSSR count). The van der Waals surface area contributed by atoms with E-state index in [1.807, 2.05) is 16.0 Å². The first-order valence-electron chi connectivity index (χ1n) is 12.2. The van der Waals surface area contributed by atoms with Gasteiger partial charge in [0.1, 0.15) is 11.6 Å². The number of hydrogen-bond donors (Lipinski definition) is 1. The minimum Gasteiger partial charge on any atom is -0.328 e. The molecule has 2 aliphatic heterocycles. The van der Waals surface area contributed by atoms with Gasteiger partial charge in [-0.1, -0.05) is 26.8 Å². The minimum absolute atomic E-state index is 0.211. The van der Waals surface area contributed by atoms with Gasteiger partial charge >= 0.3 is 6.03 Å². The number of nitrogens with one attached hydrogen (secondary N) is 1. The maximum Gasteiger partial charge on any atom is 0.320 e. The Kier molecular flexibility index (Phi) is 4.43. The number of amides is 2. The number of hydrogen-bond acceptors (Lipinski definition) is 4. The van der Waals surface area contributed by atoms with E-state index in [4.69, 9.17) is 0 Å². The van der Waals surface area contributed by atoms with Gasteiger partial charge in [0, 0.05) is 61.2 Å². The lowest BCUT2D eigenvalue weighted by molar-refractivity contribution is -0.0601. The van der Waals surface area contributed by atoms with Gasteiger partial charge in [-0.3, -0.25) is 4.98 Å². The summed E-state index contributed by atoms with van der Waals surface area (Å²) in [6.07, 6.45) is 7.75. The molecule has 170 valence electrons. The number of aromatic nitrogens is 4. The second-order valence-corrected chi connectivity index (χ2v) is 12.0. The van der Waals surface area contributed by atoms with Crippen molar-refractivity contribution < 1.29 is 4.79 Å². The first-order valence-corrected chi connectivity index (χ1v) is 12.2. The molecule has 2 aromatic heterocycles. The van der Waals surface area contributed by atoms with Crippen LogP contribution in [0.1, 0.15) is 87.1 Å². The Morgan fingerprint density at radius 1 is 1.03 bits per heavy atom. The minimum atomic E-state index is 0.211. The second-order valence-electron chi connectivity index (χ2n) is 12.0. The summed E-state index contributed by atoms with van der Waals surface area (Å²) < 4.78 is 0. The van der Waals surface area contributed by atoms with E-state index in [1.54, 1.807) is 0 Å². The Morgan fingerprint density at radius 2 is 1.72 bits per heavy atom. The van der Waals surface area contributed by atoms with Gasteiger partial charge in [-0.15, -0.1) is 10.2 Å². The summed E-state index contributed by atoms with van der Waals surface area (Å²) in [7, 11) is 0. The van der Waals surface area contributed by atoms with Crippen molar-refractivity contribution in [2.75, 3.05) is 26.2 Å². The third kappa shape index (κ3) is 3.69. The Labute approximate surface area is 190 Å². The highest BCUT2D eigenvalue weighted by Crippen LogP contribution is 2.56. The first-order chi connectivity index (χ1) is 15.3. The SMILES string of the molecule is CC(C)(C)Cc1ccc(C2CN(C(=O)N3CC4(CC(c5nnc(C6CC6)[nH]5)C4)C3)C2)cn1. The molecule has 4 aliphatic rings. The van der Waals surface area contributed by atoms with Crippen molar-refractivity contribution >= 4 is 6.03 Å². The number of pyridine rings is 1. The molecule has 0 atom stereocenters. The summed E-state index contributed by atoms with van der Waals surface area (Å²) in [4.78, 5) is 25.0. The van der Waals surface area contributed by atoms with Crippen LogP contribution in [0.4, 0.5) is 4.79 Å². The molecule has 1 N–H and O–H groups in total. The summed E-state index contributed by atoms with van der Waals surface area (Å²) in [6.45, 7) is 10.1. The van der Waals surface area contributed by atoms with E-state index in [2.05, 4.69) is 53.1 Å². The molecule has 4 heterocycles. The Hall–Kier alpha value is -2.44. The largest absolute Gasteiger partial charge is 0.328 e. The van der Waals surface area contributed by atoms with E-state index in [-0.39, 0.29) is 11.4 Å². The van der Waals surface area contributed by atoms with Crippen molar-refractivity contribution in [1.82, 2.24) is 30.0 Å². The summed E-state index contributed by atoms with van der Waals surface area (Å²) >= 11 is 0. The molecule has 2 saturated carbocycles. The summed E-state index contributed by atoms with van der Waals surface area (Å²) in [5, 5.41) is 8.72. The van der Waals surface area contributed by atoms with Gasteiger partial charge in [-0.2, -0.15) is 0 Å². The quantitative estimate of drug-likeness (QED) is 0.787. The number of nitrogens with zero attached hydrogens (tertiary/aromatic N) is 5. The number of rotatable bonds is 4. The van der Waals surface area contributed by atoms with Crippen LogP contribution in [-0.2, 0) is 6.42 Å². The van der Waals surface area contributed by atoms with Crippen molar-refractivity contribution in [1.29, 1.82) is 0 Å². The van der Waals surface area contributed by atoms with Gasteiger partial charge < -0.3 is 14.8 Å². The van der Waals surface area contributed by atoms with Gasteiger partial charge in [-0.25, -0.2) is 4.79 Å². The number of carbonyl (C=O) groups excluding carboxylic acids is 1. The van der Waals surface area contributed by atoms with Crippen molar-refractivity contribution in [2.24, 2.45) is 10.8 Å². The highest BCUT2D eigenvalue weighted by atomic mass is 16.2. The Bertz CT molecular complexity index is 998. The standard InChI is InChI=1S/C25H34N6O/c1-24(2,3)10-20-7-6-17(11-26-20)19-12-30(13-19)23(32)31-14-25(15-31)8-18(9-25)22-27-21(28-29-22)16-4-5-16/h6-7,11,16,18-19H,4-5,8-10,12-15H2,1-3H3,(H,27,28,29). The predicted molar refractivity (Wildman–Crippen MR) is 121 cm³/mol. The summed E-state index contributed by atoms with van der Waals surface area (Å²) in [5.41, 5.74) is 2.97. The molecule has 2 aliphatic carbocycles. The zero-order valence-electron chi connectivity index (χ0n) is 19.5. The van der Waals surface area contributed by atoms with Gasteiger partial charge in [0.05, 0.1) is 0 Å². The summed E-state index contributed by atoms with van der Waals surface area (Å²) in [6, 6.07) is 4.56. The first kappa shape index (κ1) is 20.2. The molecule has 1 spiro atoms. The van der Waals surface area contributed by atoms with E-state index < -0.39 is 0 Å². The zero-order valence-corrected chi connectivity index (χ0v) is 19.5. The molecule has 4 fully saturated rings. The van der Waals surface area contributed by atoms with Crippen LogP contribution in [0.15, 0.2) is 18.3 Å². The number of likely N-dealkylation sites (tertiary alicyclic amines) is 2. The highest BCUT2D eigenvalue weighted by molar-refractivity contribution is 5.77. The fourth-order valence-corrected chi connectivity index (χ4v) is 5.72. The maximum absolute atomic E-state index is 12.9. The normalized spacial score (nSPS) is 23.1. The molecule has 0 radical (unpaired) electrons. The van der Waals surface area contributed by atoms with Crippen LogP contribution in [0.3, 0.4) is 0 Å². The molecule has 0 aromatic carbocycles. The predicted octanol–water partition coefficient (Wildman–Crippen LogP) is 4.06. The van der Waals surface area contributed by atoms with Crippen LogP contribution in [-0.4, -0.2) is 62.2 Å².